The lowest BCUT2D eigenvalue weighted by molar-refractivity contribution is 0.831. The molecule has 0 radical (unpaired) electrons. The van der Waals surface area contributed by atoms with Crippen LogP contribution in [0.4, 0.5) is 11.5 Å². The van der Waals surface area contributed by atoms with Gasteiger partial charge in [-0.1, -0.05) is 18.5 Å². The van der Waals surface area contributed by atoms with Gasteiger partial charge in [0.15, 0.2) is 0 Å². The molecule has 0 saturated heterocycles. The first-order valence-corrected chi connectivity index (χ1v) is 7.29. The average molecular weight is 352 g/mol. The van der Waals surface area contributed by atoms with Crippen LogP contribution >= 0.6 is 27.5 Å². The fraction of sp³-hybridized carbons (Fsp3) is 0.214. The summed E-state index contributed by atoms with van der Waals surface area (Å²) in [4.78, 5) is 8.72. The second-order valence-electron chi connectivity index (χ2n) is 4.17. The second-order valence-corrected chi connectivity index (χ2v) is 5.39. The lowest BCUT2D eigenvalue weighted by Gasteiger charge is -2.09. The largest absolute Gasteiger partial charge is 0.339 e. The summed E-state index contributed by atoms with van der Waals surface area (Å²) in [6.45, 7) is 2.07. The Kier molecular flexibility index (Phi) is 4.94. The molecule has 1 N–H and O–H groups in total. The summed E-state index contributed by atoms with van der Waals surface area (Å²) in [6, 6.07) is 8.91. The lowest BCUT2D eigenvalue weighted by atomic mass is 10.2. The number of anilines is 2. The Bertz CT molecular complexity index is 667. The number of hydrogen-bond acceptors (Lipinski definition) is 4. The predicted octanol–water partition coefficient (Wildman–Crippen LogP) is 4.46. The topological polar surface area (TPSA) is 61.6 Å². The molecule has 0 aliphatic rings. The van der Waals surface area contributed by atoms with Crippen LogP contribution in [0, 0.1) is 11.3 Å². The van der Waals surface area contributed by atoms with Crippen LogP contribution in [0.1, 0.15) is 24.7 Å². The zero-order chi connectivity index (χ0) is 14.5. The van der Waals surface area contributed by atoms with Crippen molar-refractivity contribution < 1.29 is 0 Å². The maximum atomic E-state index is 8.92. The molecule has 0 saturated carbocycles. The van der Waals surface area contributed by atoms with E-state index in [-0.39, 0.29) is 0 Å². The maximum Gasteiger partial charge on any atom is 0.135 e. The van der Waals surface area contributed by atoms with Gasteiger partial charge in [0.05, 0.1) is 22.3 Å². The highest BCUT2D eigenvalue weighted by Crippen LogP contribution is 2.26. The van der Waals surface area contributed by atoms with E-state index in [2.05, 4.69) is 44.2 Å². The monoisotopic (exact) mass is 350 g/mol. The molecule has 0 aliphatic carbocycles. The van der Waals surface area contributed by atoms with Gasteiger partial charge in [0.1, 0.15) is 16.2 Å². The van der Waals surface area contributed by atoms with Crippen LogP contribution in [0.15, 0.2) is 28.9 Å². The summed E-state index contributed by atoms with van der Waals surface area (Å²) in [6.07, 6.45) is 1.78. The van der Waals surface area contributed by atoms with Gasteiger partial charge >= 0.3 is 0 Å². The van der Waals surface area contributed by atoms with Crippen molar-refractivity contribution in [1.82, 2.24) is 9.97 Å². The van der Waals surface area contributed by atoms with Crippen LogP contribution in [0.25, 0.3) is 0 Å². The van der Waals surface area contributed by atoms with Crippen molar-refractivity contribution in [3.63, 3.8) is 0 Å². The van der Waals surface area contributed by atoms with E-state index in [4.69, 9.17) is 16.9 Å². The molecule has 4 nitrogen and oxygen atoms in total. The number of rotatable bonds is 4. The maximum absolute atomic E-state index is 8.92. The van der Waals surface area contributed by atoms with Gasteiger partial charge in [-0.25, -0.2) is 9.97 Å². The Hall–Kier alpha value is -1.64. The van der Waals surface area contributed by atoms with Crippen molar-refractivity contribution in [1.29, 1.82) is 5.26 Å². The van der Waals surface area contributed by atoms with E-state index in [1.807, 2.05) is 0 Å². The first-order chi connectivity index (χ1) is 9.62. The molecule has 102 valence electrons. The van der Waals surface area contributed by atoms with E-state index < -0.39 is 0 Å². The van der Waals surface area contributed by atoms with E-state index in [1.165, 1.54) is 0 Å². The van der Waals surface area contributed by atoms with Gasteiger partial charge in [0, 0.05) is 12.5 Å². The van der Waals surface area contributed by atoms with Crippen LogP contribution in [0.5, 0.6) is 0 Å². The van der Waals surface area contributed by atoms with Gasteiger partial charge < -0.3 is 5.32 Å². The molecule has 0 fully saturated rings. The summed E-state index contributed by atoms with van der Waals surface area (Å²) in [7, 11) is 0. The van der Waals surface area contributed by atoms with Crippen LogP contribution in [-0.2, 0) is 6.42 Å². The van der Waals surface area contributed by atoms with Crippen molar-refractivity contribution in [2.45, 2.75) is 19.8 Å². The lowest BCUT2D eigenvalue weighted by Crippen LogP contribution is -2.01. The van der Waals surface area contributed by atoms with Crippen LogP contribution in [-0.4, -0.2) is 9.97 Å². The standard InChI is InChI=1S/C14H12BrClN4/c1-2-3-13-19-12(15)7-14(20-13)18-11-6-9(8-17)4-5-10(11)16/h4-7H,2-3H2,1H3,(H,18,19,20). The second kappa shape index (κ2) is 6.69. The molecule has 1 aromatic heterocycles. The fourth-order valence-electron chi connectivity index (χ4n) is 1.69. The highest BCUT2D eigenvalue weighted by molar-refractivity contribution is 9.10. The van der Waals surface area contributed by atoms with Crippen LogP contribution in [0.3, 0.4) is 0 Å². The molecule has 0 unspecified atom stereocenters. The smallest absolute Gasteiger partial charge is 0.135 e. The van der Waals surface area contributed by atoms with E-state index in [1.54, 1.807) is 24.3 Å². The van der Waals surface area contributed by atoms with Crippen LogP contribution < -0.4 is 5.32 Å². The Labute approximate surface area is 131 Å². The first kappa shape index (κ1) is 14.8. The molecule has 6 heteroatoms. The van der Waals surface area contributed by atoms with E-state index in [9.17, 15) is 0 Å². The summed E-state index contributed by atoms with van der Waals surface area (Å²) in [5, 5.41) is 12.6. The number of nitriles is 1. The number of aryl methyl sites for hydroxylation is 1. The highest BCUT2D eigenvalue weighted by Gasteiger charge is 2.06. The zero-order valence-corrected chi connectivity index (χ0v) is 13.2. The number of halogens is 2. The van der Waals surface area contributed by atoms with Crippen molar-refractivity contribution in [3.05, 3.63) is 45.3 Å². The van der Waals surface area contributed by atoms with Crippen molar-refractivity contribution >= 4 is 39.0 Å². The molecule has 0 aliphatic heterocycles. The van der Waals surface area contributed by atoms with Gasteiger partial charge in [0.2, 0.25) is 0 Å². The Morgan fingerprint density at radius 2 is 2.15 bits per heavy atom. The molecule has 2 rings (SSSR count). The van der Waals surface area contributed by atoms with Crippen LogP contribution in [0.2, 0.25) is 5.02 Å². The Balaban J connectivity index is 2.32. The average Bonchev–Trinajstić information content (AvgIpc) is 2.41. The molecule has 2 aromatic rings. The third-order valence-electron chi connectivity index (χ3n) is 2.57. The molecule has 20 heavy (non-hydrogen) atoms. The quantitative estimate of drug-likeness (QED) is 0.826. The minimum Gasteiger partial charge on any atom is -0.339 e. The van der Waals surface area contributed by atoms with Crippen molar-refractivity contribution in [2.75, 3.05) is 5.32 Å². The van der Waals surface area contributed by atoms with Gasteiger partial charge in [0.25, 0.3) is 0 Å². The molecule has 1 aromatic carbocycles. The number of hydrogen-bond donors (Lipinski definition) is 1. The summed E-state index contributed by atoms with van der Waals surface area (Å²) >= 11 is 9.48. The summed E-state index contributed by atoms with van der Waals surface area (Å²) < 4.78 is 0.714. The molecule has 0 bridgehead atoms. The van der Waals surface area contributed by atoms with Crippen molar-refractivity contribution in [2.24, 2.45) is 0 Å². The summed E-state index contributed by atoms with van der Waals surface area (Å²) in [5.74, 6) is 1.41. The first-order valence-electron chi connectivity index (χ1n) is 6.12. The van der Waals surface area contributed by atoms with E-state index >= 15 is 0 Å². The van der Waals surface area contributed by atoms with E-state index in [0.29, 0.717) is 26.7 Å². The summed E-state index contributed by atoms with van der Waals surface area (Å²) in [5.41, 5.74) is 1.19. The number of nitrogens with one attached hydrogen (secondary N) is 1. The SMILES string of the molecule is CCCc1nc(Br)cc(Nc2cc(C#N)ccc2Cl)n1. The molecule has 0 amide bonds. The molecule has 0 atom stereocenters. The normalized spacial score (nSPS) is 10.1. The number of nitrogens with zero attached hydrogens (tertiary/aromatic N) is 3. The third kappa shape index (κ3) is 3.69. The van der Waals surface area contributed by atoms with Gasteiger partial charge in [-0.3, -0.25) is 0 Å². The minimum atomic E-state index is 0.538. The molecular weight excluding hydrogens is 340 g/mol. The molecule has 0 spiro atoms. The highest BCUT2D eigenvalue weighted by atomic mass is 79.9. The molecule has 1 heterocycles. The number of aromatic nitrogens is 2. The zero-order valence-electron chi connectivity index (χ0n) is 10.8. The Morgan fingerprint density at radius 1 is 1.35 bits per heavy atom. The number of benzene rings is 1. The fourth-order valence-corrected chi connectivity index (χ4v) is 2.28. The minimum absolute atomic E-state index is 0.538. The third-order valence-corrected chi connectivity index (χ3v) is 3.31. The Morgan fingerprint density at radius 3 is 2.85 bits per heavy atom. The van der Waals surface area contributed by atoms with Gasteiger partial charge in [-0.05, 0) is 40.5 Å². The van der Waals surface area contributed by atoms with Crippen molar-refractivity contribution in [3.8, 4) is 6.07 Å². The van der Waals surface area contributed by atoms with Gasteiger partial charge in [-0.15, -0.1) is 0 Å². The molecular formula is C14H12BrClN4. The van der Waals surface area contributed by atoms with E-state index in [0.717, 1.165) is 18.7 Å². The predicted molar refractivity (Wildman–Crippen MR) is 83.2 cm³/mol. The van der Waals surface area contributed by atoms with Gasteiger partial charge in [-0.2, -0.15) is 5.26 Å².